The largest absolute Gasteiger partial charge is 0.465 e. The van der Waals surface area contributed by atoms with E-state index < -0.39 is 21.9 Å². The van der Waals surface area contributed by atoms with Crippen LogP contribution in [0.4, 0.5) is 5.69 Å². The molecule has 0 saturated carbocycles. The molecule has 27 heavy (non-hydrogen) atoms. The molecule has 2 rings (SSSR count). The Morgan fingerprint density at radius 3 is 2.33 bits per heavy atom. The van der Waals surface area contributed by atoms with Crippen molar-refractivity contribution in [2.24, 2.45) is 0 Å². The van der Waals surface area contributed by atoms with Crippen molar-refractivity contribution >= 4 is 27.6 Å². The van der Waals surface area contributed by atoms with E-state index in [1.54, 1.807) is 18.2 Å². The van der Waals surface area contributed by atoms with Crippen LogP contribution in [-0.2, 0) is 26.1 Å². The van der Waals surface area contributed by atoms with E-state index in [-0.39, 0.29) is 24.3 Å². The van der Waals surface area contributed by atoms with Gasteiger partial charge in [0.1, 0.15) is 0 Å². The highest BCUT2D eigenvalue weighted by molar-refractivity contribution is 7.88. The molecule has 0 aliphatic carbocycles. The van der Waals surface area contributed by atoms with Gasteiger partial charge in [-0.1, -0.05) is 36.4 Å². The van der Waals surface area contributed by atoms with E-state index >= 15 is 0 Å². The fourth-order valence-corrected chi connectivity index (χ4v) is 3.22. The maximum Gasteiger partial charge on any atom is 0.339 e. The lowest BCUT2D eigenvalue weighted by Gasteiger charge is -2.21. The van der Waals surface area contributed by atoms with Crippen molar-refractivity contribution in [3.63, 3.8) is 0 Å². The summed E-state index contributed by atoms with van der Waals surface area (Å²) in [5.41, 5.74) is 2.20. The number of nitrogens with zero attached hydrogens (tertiary/aromatic N) is 1. The lowest BCUT2D eigenvalue weighted by Crippen LogP contribution is -2.37. The average Bonchev–Trinajstić information content (AvgIpc) is 2.62. The van der Waals surface area contributed by atoms with Gasteiger partial charge in [0, 0.05) is 6.54 Å². The van der Waals surface area contributed by atoms with Gasteiger partial charge in [-0.3, -0.25) is 4.79 Å². The highest BCUT2D eigenvalue weighted by Crippen LogP contribution is 2.17. The second-order valence-electron chi connectivity index (χ2n) is 6.04. The van der Waals surface area contributed by atoms with Gasteiger partial charge in [-0.05, 0) is 30.2 Å². The van der Waals surface area contributed by atoms with Crippen molar-refractivity contribution in [3.8, 4) is 0 Å². The molecule has 0 aromatic heterocycles. The number of para-hydroxylation sites is 1. The number of aryl methyl sites for hydroxylation is 1. The predicted octanol–water partition coefficient (Wildman–Crippen LogP) is 2.18. The SMILES string of the molecule is COC(=O)c1ccccc1NC(=O)CN(Cc1ccccc1C)S(C)(=O)=O. The first kappa shape index (κ1) is 20.6. The van der Waals surface area contributed by atoms with Crippen molar-refractivity contribution in [3.05, 3.63) is 65.2 Å². The topological polar surface area (TPSA) is 92.8 Å². The fourth-order valence-electron chi connectivity index (χ4n) is 2.50. The Morgan fingerprint density at radius 2 is 1.70 bits per heavy atom. The molecular formula is C19H22N2O5S. The molecule has 2 aromatic carbocycles. The van der Waals surface area contributed by atoms with Gasteiger partial charge in [-0.2, -0.15) is 4.31 Å². The summed E-state index contributed by atoms with van der Waals surface area (Å²) in [5, 5.41) is 2.58. The number of anilines is 1. The Kier molecular flexibility index (Phi) is 6.70. The number of sulfonamides is 1. The summed E-state index contributed by atoms with van der Waals surface area (Å²) in [6, 6.07) is 13.7. The Morgan fingerprint density at radius 1 is 1.07 bits per heavy atom. The third kappa shape index (κ3) is 5.63. The molecule has 0 aliphatic rings. The van der Waals surface area contributed by atoms with Gasteiger partial charge < -0.3 is 10.1 Å². The van der Waals surface area contributed by atoms with Gasteiger partial charge in [-0.25, -0.2) is 13.2 Å². The summed E-state index contributed by atoms with van der Waals surface area (Å²) in [5.74, 6) is -1.14. The van der Waals surface area contributed by atoms with Gasteiger partial charge in [0.05, 0.1) is 31.2 Å². The minimum Gasteiger partial charge on any atom is -0.465 e. The van der Waals surface area contributed by atoms with Crippen LogP contribution in [0, 0.1) is 6.92 Å². The molecular weight excluding hydrogens is 368 g/mol. The van der Waals surface area contributed by atoms with E-state index in [0.29, 0.717) is 0 Å². The molecule has 0 aliphatic heterocycles. The fraction of sp³-hybridized carbons (Fsp3) is 0.263. The summed E-state index contributed by atoms with van der Waals surface area (Å²) >= 11 is 0. The molecule has 1 N–H and O–H groups in total. The third-order valence-electron chi connectivity index (χ3n) is 4.00. The number of esters is 1. The van der Waals surface area contributed by atoms with E-state index in [9.17, 15) is 18.0 Å². The van der Waals surface area contributed by atoms with Crippen LogP contribution in [0.3, 0.4) is 0 Å². The number of carbonyl (C=O) groups is 2. The maximum absolute atomic E-state index is 12.4. The number of hydrogen-bond acceptors (Lipinski definition) is 5. The summed E-state index contributed by atoms with van der Waals surface area (Å²) in [7, 11) is -2.37. The molecule has 0 unspecified atom stereocenters. The first-order valence-corrected chi connectivity index (χ1v) is 10.0. The molecule has 0 spiro atoms. The van der Waals surface area contributed by atoms with Crippen LogP contribution in [0.1, 0.15) is 21.5 Å². The number of nitrogens with one attached hydrogen (secondary N) is 1. The van der Waals surface area contributed by atoms with E-state index in [1.165, 1.54) is 13.2 Å². The second-order valence-corrected chi connectivity index (χ2v) is 8.03. The number of benzene rings is 2. The quantitative estimate of drug-likeness (QED) is 0.732. The van der Waals surface area contributed by atoms with Crippen LogP contribution >= 0.6 is 0 Å². The van der Waals surface area contributed by atoms with Crippen LogP contribution in [-0.4, -0.2) is 44.5 Å². The van der Waals surface area contributed by atoms with Crippen molar-refractivity contribution < 1.29 is 22.7 Å². The maximum atomic E-state index is 12.4. The number of ether oxygens (including phenoxy) is 1. The highest BCUT2D eigenvalue weighted by Gasteiger charge is 2.22. The number of carbonyl (C=O) groups excluding carboxylic acids is 2. The van der Waals surface area contributed by atoms with Crippen molar-refractivity contribution in [1.82, 2.24) is 4.31 Å². The number of amides is 1. The summed E-state index contributed by atoms with van der Waals surface area (Å²) in [4.78, 5) is 24.2. The van der Waals surface area contributed by atoms with Crippen LogP contribution in [0.5, 0.6) is 0 Å². The summed E-state index contributed by atoms with van der Waals surface area (Å²) in [6.07, 6.45) is 1.06. The third-order valence-corrected chi connectivity index (χ3v) is 5.20. The van der Waals surface area contributed by atoms with Crippen LogP contribution in [0.2, 0.25) is 0 Å². The number of hydrogen-bond donors (Lipinski definition) is 1. The standard InChI is InChI=1S/C19H22N2O5S/c1-14-8-4-5-9-15(14)12-21(27(3,24)25)13-18(22)20-17-11-7-6-10-16(17)19(23)26-2/h4-11H,12-13H2,1-3H3,(H,20,22). The average molecular weight is 390 g/mol. The minimum absolute atomic E-state index is 0.0809. The molecule has 2 aromatic rings. The first-order chi connectivity index (χ1) is 12.7. The van der Waals surface area contributed by atoms with Gasteiger partial charge >= 0.3 is 5.97 Å². The predicted molar refractivity (Wildman–Crippen MR) is 103 cm³/mol. The monoisotopic (exact) mass is 390 g/mol. The van der Waals surface area contributed by atoms with E-state index in [1.807, 2.05) is 31.2 Å². The molecule has 0 radical (unpaired) electrons. The molecule has 0 heterocycles. The molecule has 8 heteroatoms. The Hall–Kier alpha value is -2.71. The zero-order valence-electron chi connectivity index (χ0n) is 15.4. The zero-order chi connectivity index (χ0) is 20.0. The van der Waals surface area contributed by atoms with Crippen LogP contribution in [0.25, 0.3) is 0 Å². The van der Waals surface area contributed by atoms with Crippen molar-refractivity contribution in [2.45, 2.75) is 13.5 Å². The van der Waals surface area contributed by atoms with E-state index in [0.717, 1.165) is 21.7 Å². The van der Waals surface area contributed by atoms with Gasteiger partial charge in [0.15, 0.2) is 0 Å². The summed E-state index contributed by atoms with van der Waals surface area (Å²) in [6.45, 7) is 1.59. The van der Waals surface area contributed by atoms with Gasteiger partial charge in [-0.15, -0.1) is 0 Å². The lowest BCUT2D eigenvalue weighted by atomic mass is 10.1. The summed E-state index contributed by atoms with van der Waals surface area (Å²) < 4.78 is 30.0. The zero-order valence-corrected chi connectivity index (χ0v) is 16.2. The smallest absolute Gasteiger partial charge is 0.339 e. The molecule has 0 bridgehead atoms. The van der Waals surface area contributed by atoms with Gasteiger partial charge in [0.25, 0.3) is 0 Å². The van der Waals surface area contributed by atoms with E-state index in [2.05, 4.69) is 10.1 Å². The molecule has 144 valence electrons. The Bertz CT molecular complexity index is 941. The first-order valence-electron chi connectivity index (χ1n) is 8.19. The number of methoxy groups -OCH3 is 1. The highest BCUT2D eigenvalue weighted by atomic mass is 32.2. The molecule has 1 amide bonds. The molecule has 7 nitrogen and oxygen atoms in total. The Labute approximate surface area is 159 Å². The number of rotatable bonds is 7. The normalized spacial score (nSPS) is 11.3. The second kappa shape index (κ2) is 8.79. The minimum atomic E-state index is -3.62. The molecule has 0 saturated heterocycles. The molecule has 0 fully saturated rings. The van der Waals surface area contributed by atoms with E-state index in [4.69, 9.17) is 0 Å². The molecule has 0 atom stereocenters. The van der Waals surface area contributed by atoms with Crippen molar-refractivity contribution in [2.75, 3.05) is 25.2 Å². The van der Waals surface area contributed by atoms with Crippen LogP contribution in [0.15, 0.2) is 48.5 Å². The Balaban J connectivity index is 2.18. The van der Waals surface area contributed by atoms with Crippen molar-refractivity contribution in [1.29, 1.82) is 0 Å². The van der Waals surface area contributed by atoms with Gasteiger partial charge in [0.2, 0.25) is 15.9 Å². The van der Waals surface area contributed by atoms with Crippen LogP contribution < -0.4 is 5.32 Å². The lowest BCUT2D eigenvalue weighted by molar-refractivity contribution is -0.116.